The molecule has 1 heterocycles. The maximum Gasteiger partial charge on any atom is 0.233 e. The Labute approximate surface area is 182 Å². The second-order valence-electron chi connectivity index (χ2n) is 8.50. The number of methoxy groups -OCH3 is 1. The van der Waals surface area contributed by atoms with Crippen LogP contribution in [0.1, 0.15) is 36.8 Å². The van der Waals surface area contributed by atoms with Crippen molar-refractivity contribution in [2.75, 3.05) is 33.3 Å². The van der Waals surface area contributed by atoms with Gasteiger partial charge in [0.1, 0.15) is 11.6 Å². The van der Waals surface area contributed by atoms with Crippen LogP contribution in [0, 0.1) is 5.82 Å². The third kappa shape index (κ3) is 4.43. The molecule has 164 valence electrons. The Morgan fingerprint density at radius 2 is 1.65 bits per heavy atom. The van der Waals surface area contributed by atoms with Crippen molar-refractivity contribution >= 4 is 11.8 Å². The molecule has 5 nitrogen and oxygen atoms in total. The van der Waals surface area contributed by atoms with Crippen LogP contribution in [0.5, 0.6) is 5.75 Å². The van der Waals surface area contributed by atoms with E-state index in [1.165, 1.54) is 12.1 Å². The third-order valence-corrected chi connectivity index (χ3v) is 6.65. The molecule has 0 bridgehead atoms. The lowest BCUT2D eigenvalue weighted by Gasteiger charge is -2.40. The summed E-state index contributed by atoms with van der Waals surface area (Å²) in [7, 11) is 1.61. The molecule has 4 rings (SSSR count). The Bertz CT molecular complexity index is 947. The molecular formula is C25H29FN2O3. The van der Waals surface area contributed by atoms with Gasteiger partial charge in [0.25, 0.3) is 0 Å². The SMILES string of the molecule is COc1cccc(CC(=O)N2CCN(C(=O)C3(c4cccc(F)c4)CCCC3)CC2)c1. The number of benzene rings is 2. The van der Waals surface area contributed by atoms with Crippen molar-refractivity contribution < 1.29 is 18.7 Å². The van der Waals surface area contributed by atoms with Gasteiger partial charge in [0.15, 0.2) is 0 Å². The van der Waals surface area contributed by atoms with Gasteiger partial charge in [-0.15, -0.1) is 0 Å². The van der Waals surface area contributed by atoms with E-state index in [9.17, 15) is 14.0 Å². The molecule has 6 heteroatoms. The predicted molar refractivity (Wildman–Crippen MR) is 116 cm³/mol. The molecule has 1 aliphatic carbocycles. The van der Waals surface area contributed by atoms with E-state index in [1.54, 1.807) is 13.2 Å². The largest absolute Gasteiger partial charge is 0.497 e. The minimum atomic E-state index is -0.630. The molecule has 0 atom stereocenters. The lowest BCUT2D eigenvalue weighted by Crippen LogP contribution is -2.55. The van der Waals surface area contributed by atoms with Gasteiger partial charge in [-0.3, -0.25) is 9.59 Å². The summed E-state index contributed by atoms with van der Waals surface area (Å²) in [6.07, 6.45) is 3.77. The molecule has 2 aromatic carbocycles. The van der Waals surface area contributed by atoms with E-state index in [0.717, 1.165) is 42.6 Å². The quantitative estimate of drug-likeness (QED) is 0.738. The van der Waals surface area contributed by atoms with E-state index in [-0.39, 0.29) is 17.6 Å². The molecule has 31 heavy (non-hydrogen) atoms. The van der Waals surface area contributed by atoms with Crippen LogP contribution < -0.4 is 4.74 Å². The highest BCUT2D eigenvalue weighted by molar-refractivity contribution is 5.89. The van der Waals surface area contributed by atoms with Crippen LogP contribution in [0.15, 0.2) is 48.5 Å². The lowest BCUT2D eigenvalue weighted by molar-refractivity contribution is -0.143. The van der Waals surface area contributed by atoms with Gasteiger partial charge >= 0.3 is 0 Å². The monoisotopic (exact) mass is 424 g/mol. The van der Waals surface area contributed by atoms with Crippen LogP contribution in [0.25, 0.3) is 0 Å². The normalized spacial score (nSPS) is 18.1. The van der Waals surface area contributed by atoms with Crippen LogP contribution in [0.3, 0.4) is 0 Å². The Morgan fingerprint density at radius 3 is 2.32 bits per heavy atom. The number of carbonyl (C=O) groups is 2. The van der Waals surface area contributed by atoms with Crippen molar-refractivity contribution in [3.05, 3.63) is 65.5 Å². The zero-order chi connectivity index (χ0) is 21.8. The number of piperazine rings is 1. The minimum Gasteiger partial charge on any atom is -0.497 e. The van der Waals surface area contributed by atoms with E-state index in [4.69, 9.17) is 4.74 Å². The first-order valence-corrected chi connectivity index (χ1v) is 11.0. The van der Waals surface area contributed by atoms with Gasteiger partial charge in [-0.05, 0) is 48.2 Å². The average Bonchev–Trinajstić information content (AvgIpc) is 3.30. The number of halogens is 1. The molecule has 0 unspecified atom stereocenters. The van der Waals surface area contributed by atoms with Crippen molar-refractivity contribution in [1.82, 2.24) is 9.80 Å². The van der Waals surface area contributed by atoms with E-state index >= 15 is 0 Å². The molecule has 2 aliphatic rings. The lowest BCUT2D eigenvalue weighted by atomic mass is 9.77. The Hall–Kier alpha value is -2.89. The van der Waals surface area contributed by atoms with Crippen molar-refractivity contribution in [3.63, 3.8) is 0 Å². The molecule has 0 spiro atoms. The highest BCUT2D eigenvalue weighted by atomic mass is 19.1. The smallest absolute Gasteiger partial charge is 0.233 e. The number of carbonyl (C=O) groups excluding carboxylic acids is 2. The highest BCUT2D eigenvalue weighted by Gasteiger charge is 2.45. The number of ether oxygens (including phenoxy) is 1. The van der Waals surface area contributed by atoms with Crippen molar-refractivity contribution in [1.29, 1.82) is 0 Å². The van der Waals surface area contributed by atoms with Crippen molar-refractivity contribution in [3.8, 4) is 5.75 Å². The molecular weight excluding hydrogens is 395 g/mol. The Kier molecular flexibility index (Phi) is 6.25. The van der Waals surface area contributed by atoms with Crippen molar-refractivity contribution in [2.45, 2.75) is 37.5 Å². The van der Waals surface area contributed by atoms with Crippen LogP contribution in [-0.2, 0) is 21.4 Å². The van der Waals surface area contributed by atoms with Crippen LogP contribution in [-0.4, -0.2) is 54.9 Å². The summed E-state index contributed by atoms with van der Waals surface area (Å²) >= 11 is 0. The maximum atomic E-state index is 13.9. The number of amides is 2. The molecule has 1 aliphatic heterocycles. The molecule has 2 fully saturated rings. The van der Waals surface area contributed by atoms with Crippen LogP contribution in [0.2, 0.25) is 0 Å². The fourth-order valence-electron chi connectivity index (χ4n) is 4.92. The topological polar surface area (TPSA) is 49.9 Å². The van der Waals surface area contributed by atoms with Crippen LogP contribution in [0.4, 0.5) is 4.39 Å². The summed E-state index contributed by atoms with van der Waals surface area (Å²) in [5.41, 5.74) is 1.07. The molecule has 0 aromatic heterocycles. The van der Waals surface area contributed by atoms with E-state index in [2.05, 4.69) is 0 Å². The van der Waals surface area contributed by atoms with Gasteiger partial charge in [0, 0.05) is 26.2 Å². The summed E-state index contributed by atoms with van der Waals surface area (Å²) in [4.78, 5) is 30.0. The number of hydrogen-bond acceptors (Lipinski definition) is 3. The number of rotatable bonds is 5. The van der Waals surface area contributed by atoms with Gasteiger partial charge in [-0.2, -0.15) is 0 Å². The zero-order valence-electron chi connectivity index (χ0n) is 18.0. The van der Waals surface area contributed by atoms with Crippen LogP contribution >= 0.6 is 0 Å². The zero-order valence-corrected chi connectivity index (χ0v) is 18.0. The molecule has 0 radical (unpaired) electrons. The maximum absolute atomic E-state index is 13.9. The van der Waals surface area contributed by atoms with Crippen molar-refractivity contribution in [2.24, 2.45) is 0 Å². The summed E-state index contributed by atoms with van der Waals surface area (Å²) in [5.74, 6) is 0.570. The predicted octanol–water partition coefficient (Wildman–Crippen LogP) is 3.56. The number of nitrogens with zero attached hydrogens (tertiary/aromatic N) is 2. The summed E-state index contributed by atoms with van der Waals surface area (Å²) in [6, 6.07) is 14.0. The standard InChI is InChI=1S/C25H29FN2O3/c1-31-22-9-4-6-19(16-22)17-23(29)27-12-14-28(15-13-27)24(30)25(10-2-3-11-25)20-7-5-8-21(26)18-20/h4-9,16,18H,2-3,10-15,17H2,1H3. The summed E-state index contributed by atoms with van der Waals surface area (Å²) in [6.45, 7) is 2.07. The first kappa shape index (κ1) is 21.3. The van der Waals surface area contributed by atoms with Gasteiger partial charge < -0.3 is 14.5 Å². The summed E-state index contributed by atoms with van der Waals surface area (Å²) < 4.78 is 19.1. The minimum absolute atomic E-state index is 0.0565. The van der Waals surface area contributed by atoms with E-state index < -0.39 is 5.41 Å². The highest BCUT2D eigenvalue weighted by Crippen LogP contribution is 2.43. The summed E-state index contributed by atoms with van der Waals surface area (Å²) in [5, 5.41) is 0. The van der Waals surface area contributed by atoms with E-state index in [1.807, 2.05) is 40.1 Å². The molecule has 2 amide bonds. The second kappa shape index (κ2) is 9.08. The second-order valence-corrected chi connectivity index (χ2v) is 8.50. The molecule has 1 saturated carbocycles. The fraction of sp³-hybridized carbons (Fsp3) is 0.440. The first-order chi connectivity index (χ1) is 15.0. The Morgan fingerprint density at radius 1 is 0.968 bits per heavy atom. The van der Waals surface area contributed by atoms with Gasteiger partial charge in [0.2, 0.25) is 11.8 Å². The van der Waals surface area contributed by atoms with Gasteiger partial charge in [0.05, 0.1) is 18.9 Å². The fourth-order valence-corrected chi connectivity index (χ4v) is 4.92. The molecule has 2 aromatic rings. The molecule has 0 N–H and O–H groups in total. The van der Waals surface area contributed by atoms with Gasteiger partial charge in [-0.25, -0.2) is 4.39 Å². The van der Waals surface area contributed by atoms with E-state index in [0.29, 0.717) is 32.6 Å². The number of hydrogen-bond donors (Lipinski definition) is 0. The third-order valence-electron chi connectivity index (χ3n) is 6.65. The molecule has 1 saturated heterocycles. The average molecular weight is 425 g/mol. The Balaban J connectivity index is 1.40. The van der Waals surface area contributed by atoms with Gasteiger partial charge in [-0.1, -0.05) is 37.1 Å². The first-order valence-electron chi connectivity index (χ1n) is 11.0.